The van der Waals surface area contributed by atoms with E-state index >= 15 is 0 Å². The zero-order chi connectivity index (χ0) is 22.9. The van der Waals surface area contributed by atoms with Gasteiger partial charge in [0, 0.05) is 18.9 Å². The summed E-state index contributed by atoms with van der Waals surface area (Å²) in [7, 11) is 0. The van der Waals surface area contributed by atoms with Crippen molar-refractivity contribution in [3.63, 3.8) is 0 Å². The fourth-order valence-electron chi connectivity index (χ4n) is 7.55. The number of rotatable bonds is 5. The number of hydrogen-bond acceptors (Lipinski definition) is 4. The van der Waals surface area contributed by atoms with E-state index in [0.29, 0.717) is 11.0 Å². The molecule has 6 unspecified atom stereocenters. The number of hydrogen-bond donors (Lipinski definition) is 2. The zero-order valence-electron chi connectivity index (χ0n) is 20.3. The molecular weight excluding hydrogens is 418 g/mol. The van der Waals surface area contributed by atoms with Crippen molar-refractivity contribution in [3.05, 3.63) is 11.6 Å². The molecule has 3 fully saturated rings. The predicted molar refractivity (Wildman–Crippen MR) is 133 cm³/mol. The van der Waals surface area contributed by atoms with Crippen LogP contribution in [0.2, 0.25) is 0 Å². The molecule has 4 rings (SSSR count). The van der Waals surface area contributed by atoms with Gasteiger partial charge in [0.1, 0.15) is 6.10 Å². The maximum atomic E-state index is 11.7. The van der Waals surface area contributed by atoms with Crippen molar-refractivity contribution in [1.29, 1.82) is 0 Å². The van der Waals surface area contributed by atoms with Crippen LogP contribution >= 0.6 is 12.2 Å². The van der Waals surface area contributed by atoms with Crippen LogP contribution in [0, 0.1) is 28.6 Å². The summed E-state index contributed by atoms with van der Waals surface area (Å²) in [4.78, 5) is 11.7. The summed E-state index contributed by atoms with van der Waals surface area (Å²) < 4.78 is 5.80. The lowest BCUT2D eigenvalue weighted by atomic mass is 9.47. The number of ether oxygens (including phenoxy) is 1. The van der Waals surface area contributed by atoms with Gasteiger partial charge in [-0.3, -0.25) is 10.2 Å². The van der Waals surface area contributed by atoms with Crippen molar-refractivity contribution in [1.82, 2.24) is 10.7 Å². The quantitative estimate of drug-likeness (QED) is 0.246. The first kappa shape index (κ1) is 23.7. The summed E-state index contributed by atoms with van der Waals surface area (Å²) in [6, 6.07) is 0. The molecule has 0 aromatic rings. The maximum absolute atomic E-state index is 11.7. The van der Waals surface area contributed by atoms with E-state index in [1.807, 2.05) is 0 Å². The van der Waals surface area contributed by atoms with E-state index in [2.05, 4.69) is 42.7 Å². The topological polar surface area (TPSA) is 62.7 Å². The third-order valence-corrected chi connectivity index (χ3v) is 9.55. The van der Waals surface area contributed by atoms with E-state index in [1.165, 1.54) is 38.5 Å². The number of carbonyl (C=O) groups excluding carboxylic acids is 1. The second kappa shape index (κ2) is 9.44. The molecule has 0 radical (unpaired) electrons. The van der Waals surface area contributed by atoms with Gasteiger partial charge in [0.25, 0.3) is 0 Å². The molecule has 6 atom stereocenters. The number of nitrogens with zero attached hydrogens (tertiary/aromatic N) is 1. The molecular formula is C26H41N3O2S. The molecule has 0 aliphatic heterocycles. The van der Waals surface area contributed by atoms with Gasteiger partial charge in [-0.15, -0.1) is 0 Å². The molecule has 0 heterocycles. The second-order valence-electron chi connectivity index (χ2n) is 11.0. The van der Waals surface area contributed by atoms with Crippen LogP contribution in [0.25, 0.3) is 0 Å². The van der Waals surface area contributed by atoms with Crippen LogP contribution < -0.4 is 10.7 Å². The van der Waals surface area contributed by atoms with Crippen LogP contribution in [0.1, 0.15) is 91.9 Å². The average Bonchev–Trinajstić information content (AvgIpc) is 3.08. The highest BCUT2D eigenvalue weighted by atomic mass is 32.1. The minimum absolute atomic E-state index is 0.113. The molecule has 32 heavy (non-hydrogen) atoms. The number of fused-ring (bicyclic) bond motifs is 5. The number of thiocarbonyl (C=S) groups is 1. The minimum atomic E-state index is -0.118. The Morgan fingerprint density at radius 3 is 2.75 bits per heavy atom. The van der Waals surface area contributed by atoms with Gasteiger partial charge in [0.2, 0.25) is 0 Å². The van der Waals surface area contributed by atoms with E-state index in [-0.39, 0.29) is 22.9 Å². The Morgan fingerprint density at radius 1 is 1.19 bits per heavy atom. The van der Waals surface area contributed by atoms with Crippen LogP contribution in [0.3, 0.4) is 0 Å². The number of allylic oxidation sites excluding steroid dienone is 2. The summed E-state index contributed by atoms with van der Waals surface area (Å²) >= 11 is 5.36. The smallest absolute Gasteiger partial charge is 0.302 e. The molecule has 0 aromatic carbocycles. The Hall–Kier alpha value is -1.43. The second-order valence-corrected chi connectivity index (χ2v) is 11.5. The minimum Gasteiger partial charge on any atom is -0.462 e. The van der Waals surface area contributed by atoms with Crippen LogP contribution in [-0.4, -0.2) is 29.4 Å². The molecule has 0 bridgehead atoms. The van der Waals surface area contributed by atoms with Crippen molar-refractivity contribution in [2.45, 2.75) is 98.0 Å². The predicted octanol–water partition coefficient (Wildman–Crippen LogP) is 5.50. The van der Waals surface area contributed by atoms with Gasteiger partial charge < -0.3 is 10.1 Å². The number of unbranched alkanes of at least 4 members (excludes halogenated alkanes) is 1. The Morgan fingerprint density at radius 2 is 2.00 bits per heavy atom. The van der Waals surface area contributed by atoms with Gasteiger partial charge in [0.15, 0.2) is 5.11 Å². The van der Waals surface area contributed by atoms with Crippen LogP contribution in [0.5, 0.6) is 0 Å². The standard InChI is InChI=1S/C26H41N3O2S/c1-5-6-15-27-24(32)29-28-19-11-13-25(3)18(16-19)7-8-20-21-9-10-23(31-17(2)30)26(21,4)14-12-22(20)25/h16,20-23H,5-15H2,1-4H3,(H2,27,29,32). The van der Waals surface area contributed by atoms with Gasteiger partial charge in [-0.1, -0.05) is 32.8 Å². The highest BCUT2D eigenvalue weighted by molar-refractivity contribution is 7.80. The highest BCUT2D eigenvalue weighted by Gasteiger charge is 2.59. The molecule has 6 heteroatoms. The first-order valence-corrected chi connectivity index (χ1v) is 13.2. The van der Waals surface area contributed by atoms with Gasteiger partial charge >= 0.3 is 5.97 Å². The number of hydrazone groups is 1. The SMILES string of the molecule is CCCCNC(=S)NN=C1C=C2CCC3C(CCC4(C)C(OC(C)=O)CCC34)C2(C)CC1. The van der Waals surface area contributed by atoms with Crippen molar-refractivity contribution in [3.8, 4) is 0 Å². The molecule has 4 aliphatic carbocycles. The van der Waals surface area contributed by atoms with Crippen LogP contribution in [-0.2, 0) is 9.53 Å². The number of nitrogens with one attached hydrogen (secondary N) is 2. The molecule has 5 nitrogen and oxygen atoms in total. The summed E-state index contributed by atoms with van der Waals surface area (Å²) in [6.07, 6.45) is 14.0. The molecule has 0 amide bonds. The van der Waals surface area contributed by atoms with Gasteiger partial charge in [0.05, 0.1) is 5.71 Å². The highest BCUT2D eigenvalue weighted by Crippen LogP contribution is 2.65. The summed E-state index contributed by atoms with van der Waals surface area (Å²) in [6.45, 7) is 9.55. The maximum Gasteiger partial charge on any atom is 0.302 e. The zero-order valence-corrected chi connectivity index (χ0v) is 21.2. The molecule has 3 saturated carbocycles. The number of esters is 1. The summed E-state index contributed by atoms with van der Waals surface area (Å²) in [5.41, 5.74) is 6.22. The van der Waals surface area contributed by atoms with Crippen LogP contribution in [0.4, 0.5) is 0 Å². The van der Waals surface area contributed by atoms with E-state index in [9.17, 15) is 4.79 Å². The lowest BCUT2D eigenvalue weighted by Crippen LogP contribution is -2.51. The average molecular weight is 460 g/mol. The summed E-state index contributed by atoms with van der Waals surface area (Å²) in [5.74, 6) is 2.06. The van der Waals surface area contributed by atoms with Gasteiger partial charge in [-0.05, 0) is 99.2 Å². The molecule has 178 valence electrons. The third-order valence-electron chi connectivity index (χ3n) is 9.32. The van der Waals surface area contributed by atoms with Crippen molar-refractivity contribution in [2.75, 3.05) is 6.54 Å². The fraction of sp³-hybridized carbons (Fsp3) is 0.808. The molecule has 4 aliphatic rings. The van der Waals surface area contributed by atoms with Gasteiger partial charge in [-0.2, -0.15) is 5.10 Å². The van der Waals surface area contributed by atoms with Crippen molar-refractivity contribution >= 4 is 29.0 Å². The molecule has 2 N–H and O–H groups in total. The normalized spacial score (nSPS) is 39.4. The van der Waals surface area contributed by atoms with Gasteiger partial charge in [-0.25, -0.2) is 0 Å². The number of carbonyl (C=O) groups is 1. The van der Waals surface area contributed by atoms with Crippen LogP contribution in [0.15, 0.2) is 16.8 Å². The molecule has 0 spiro atoms. The van der Waals surface area contributed by atoms with E-state index < -0.39 is 0 Å². The molecule has 0 saturated heterocycles. The van der Waals surface area contributed by atoms with Crippen molar-refractivity contribution < 1.29 is 9.53 Å². The van der Waals surface area contributed by atoms with E-state index in [0.717, 1.165) is 49.8 Å². The van der Waals surface area contributed by atoms with E-state index in [4.69, 9.17) is 17.0 Å². The lowest BCUT2D eigenvalue weighted by molar-refractivity contribution is -0.157. The monoisotopic (exact) mass is 459 g/mol. The first-order chi connectivity index (χ1) is 15.3. The Kier molecular flexibility index (Phi) is 7.00. The largest absolute Gasteiger partial charge is 0.462 e. The first-order valence-electron chi connectivity index (χ1n) is 12.8. The Bertz CT molecular complexity index is 809. The summed E-state index contributed by atoms with van der Waals surface area (Å²) in [5, 5.41) is 8.48. The fourth-order valence-corrected chi connectivity index (χ4v) is 7.69. The van der Waals surface area contributed by atoms with E-state index in [1.54, 1.807) is 12.5 Å². The third kappa shape index (κ3) is 4.36. The Balaban J connectivity index is 1.44. The van der Waals surface area contributed by atoms with Crippen molar-refractivity contribution in [2.24, 2.45) is 33.7 Å². The molecule has 0 aromatic heterocycles. The lowest BCUT2D eigenvalue weighted by Gasteiger charge is -2.58. The Labute approximate surface area is 199 Å².